The predicted octanol–water partition coefficient (Wildman–Crippen LogP) is 2.36. The first kappa shape index (κ1) is 15.1. The fraction of sp³-hybridized carbons (Fsp3) is 0.312. The van der Waals surface area contributed by atoms with E-state index in [0.717, 1.165) is 28.1 Å². The van der Waals surface area contributed by atoms with Gasteiger partial charge in [-0.25, -0.2) is 9.78 Å². The third-order valence-electron chi connectivity index (χ3n) is 3.64. The first-order chi connectivity index (χ1) is 11.0. The average molecular weight is 312 g/mol. The summed E-state index contributed by atoms with van der Waals surface area (Å²) in [6.45, 7) is 3.90. The van der Waals surface area contributed by atoms with Crippen molar-refractivity contribution < 1.29 is 4.79 Å². The van der Waals surface area contributed by atoms with Crippen LogP contribution in [0.4, 0.5) is 10.5 Å². The smallest absolute Gasteiger partial charge is 0.319 e. The summed E-state index contributed by atoms with van der Waals surface area (Å²) in [6.07, 6.45) is 2.43. The molecule has 7 heteroatoms. The lowest BCUT2D eigenvalue weighted by atomic mass is 10.2. The van der Waals surface area contributed by atoms with Crippen LogP contribution in [0.1, 0.15) is 18.3 Å². The zero-order valence-electron chi connectivity index (χ0n) is 13.4. The number of hydrogen-bond acceptors (Lipinski definition) is 3. The van der Waals surface area contributed by atoms with E-state index in [1.165, 1.54) is 0 Å². The molecule has 1 aromatic carbocycles. The number of amides is 2. The molecule has 0 saturated carbocycles. The van der Waals surface area contributed by atoms with Crippen molar-refractivity contribution >= 4 is 22.8 Å². The highest BCUT2D eigenvalue weighted by Crippen LogP contribution is 2.17. The van der Waals surface area contributed by atoms with E-state index in [2.05, 4.69) is 25.8 Å². The third kappa shape index (κ3) is 3.50. The van der Waals surface area contributed by atoms with Gasteiger partial charge in [0, 0.05) is 30.9 Å². The van der Waals surface area contributed by atoms with E-state index < -0.39 is 0 Å². The van der Waals surface area contributed by atoms with Crippen LogP contribution in [0.2, 0.25) is 0 Å². The molecular formula is C16H20N6O. The fourth-order valence-corrected chi connectivity index (χ4v) is 2.55. The number of urea groups is 1. The number of aromatic amines is 1. The first-order valence-electron chi connectivity index (χ1n) is 7.51. The van der Waals surface area contributed by atoms with Crippen LogP contribution in [0.15, 0.2) is 30.6 Å². The van der Waals surface area contributed by atoms with E-state index in [1.807, 2.05) is 49.7 Å². The van der Waals surface area contributed by atoms with Gasteiger partial charge in [-0.05, 0) is 38.1 Å². The minimum absolute atomic E-state index is 0.0173. The molecule has 0 aliphatic heterocycles. The Kier molecular flexibility index (Phi) is 4.01. The number of carbonyl (C=O) groups excluding carboxylic acids is 1. The summed E-state index contributed by atoms with van der Waals surface area (Å²) in [7, 11) is 1.94. The second kappa shape index (κ2) is 6.12. The van der Waals surface area contributed by atoms with Crippen LogP contribution in [0.25, 0.3) is 11.0 Å². The molecule has 3 rings (SSSR count). The van der Waals surface area contributed by atoms with Gasteiger partial charge in [-0.3, -0.25) is 5.10 Å². The summed E-state index contributed by atoms with van der Waals surface area (Å²) < 4.78 is 1.94. The standard InChI is InChI=1S/C16H20N6O/c1-10(6-13-7-11(2)20-21-13)18-16(23)19-12-4-5-15-14(8-12)17-9-22(15)3/h4-5,7-10H,6H2,1-3H3,(H,20,21)(H2,18,19,23)/t10-/m0/s1. The molecule has 0 saturated heterocycles. The molecule has 3 aromatic rings. The molecule has 2 aromatic heterocycles. The van der Waals surface area contributed by atoms with E-state index in [-0.39, 0.29) is 12.1 Å². The van der Waals surface area contributed by atoms with Gasteiger partial charge >= 0.3 is 6.03 Å². The topological polar surface area (TPSA) is 87.6 Å². The summed E-state index contributed by atoms with van der Waals surface area (Å²) in [6, 6.07) is 7.39. The second-order valence-corrected chi connectivity index (χ2v) is 5.80. The quantitative estimate of drug-likeness (QED) is 0.691. The number of fused-ring (bicyclic) bond motifs is 1. The Hall–Kier alpha value is -2.83. The number of hydrogen-bond donors (Lipinski definition) is 3. The number of carbonyl (C=O) groups is 1. The molecule has 0 aliphatic rings. The molecule has 0 bridgehead atoms. The molecule has 2 amide bonds. The van der Waals surface area contributed by atoms with Gasteiger partial charge in [-0.15, -0.1) is 0 Å². The molecule has 0 unspecified atom stereocenters. The maximum atomic E-state index is 12.1. The molecular weight excluding hydrogens is 292 g/mol. The second-order valence-electron chi connectivity index (χ2n) is 5.80. The van der Waals surface area contributed by atoms with Crippen molar-refractivity contribution in [1.29, 1.82) is 0 Å². The van der Waals surface area contributed by atoms with E-state index in [4.69, 9.17) is 0 Å². The maximum absolute atomic E-state index is 12.1. The van der Waals surface area contributed by atoms with Crippen LogP contribution in [-0.4, -0.2) is 31.8 Å². The van der Waals surface area contributed by atoms with E-state index in [9.17, 15) is 4.79 Å². The van der Waals surface area contributed by atoms with Gasteiger partial charge in [0.15, 0.2) is 0 Å². The number of aryl methyl sites for hydroxylation is 2. The Balaban J connectivity index is 1.59. The van der Waals surface area contributed by atoms with Gasteiger partial charge < -0.3 is 15.2 Å². The average Bonchev–Trinajstić information content (AvgIpc) is 3.05. The maximum Gasteiger partial charge on any atom is 0.319 e. The Labute approximate surface area is 134 Å². The molecule has 7 nitrogen and oxygen atoms in total. The minimum atomic E-state index is -0.236. The van der Waals surface area contributed by atoms with Crippen molar-refractivity contribution in [2.75, 3.05) is 5.32 Å². The highest BCUT2D eigenvalue weighted by Gasteiger charge is 2.10. The normalized spacial score (nSPS) is 12.3. The summed E-state index contributed by atoms with van der Waals surface area (Å²) in [5.41, 5.74) is 4.55. The van der Waals surface area contributed by atoms with Crippen molar-refractivity contribution in [3.8, 4) is 0 Å². The summed E-state index contributed by atoms with van der Waals surface area (Å²) in [5.74, 6) is 0. The lowest BCUT2D eigenvalue weighted by Gasteiger charge is -2.13. The number of benzene rings is 1. The number of rotatable bonds is 4. The fourth-order valence-electron chi connectivity index (χ4n) is 2.55. The molecule has 0 radical (unpaired) electrons. The summed E-state index contributed by atoms with van der Waals surface area (Å²) in [4.78, 5) is 16.4. The van der Waals surface area contributed by atoms with Crippen LogP contribution >= 0.6 is 0 Å². The Morgan fingerprint density at radius 2 is 2.22 bits per heavy atom. The lowest BCUT2D eigenvalue weighted by molar-refractivity contribution is 0.249. The van der Waals surface area contributed by atoms with Gasteiger partial charge in [0.1, 0.15) is 0 Å². The highest BCUT2D eigenvalue weighted by molar-refractivity contribution is 5.92. The molecule has 2 heterocycles. The zero-order valence-corrected chi connectivity index (χ0v) is 13.4. The molecule has 120 valence electrons. The monoisotopic (exact) mass is 312 g/mol. The van der Waals surface area contributed by atoms with Crippen LogP contribution in [-0.2, 0) is 13.5 Å². The third-order valence-corrected chi connectivity index (χ3v) is 3.64. The van der Waals surface area contributed by atoms with Gasteiger partial charge in [0.2, 0.25) is 0 Å². The molecule has 23 heavy (non-hydrogen) atoms. The van der Waals surface area contributed by atoms with Crippen molar-refractivity contribution in [1.82, 2.24) is 25.1 Å². The molecule has 0 spiro atoms. The number of H-pyrrole nitrogens is 1. The van der Waals surface area contributed by atoms with Crippen LogP contribution in [0.5, 0.6) is 0 Å². The summed E-state index contributed by atoms with van der Waals surface area (Å²) in [5, 5.41) is 12.8. The summed E-state index contributed by atoms with van der Waals surface area (Å²) >= 11 is 0. The zero-order chi connectivity index (χ0) is 16.4. The van der Waals surface area contributed by atoms with Crippen LogP contribution in [0, 0.1) is 6.92 Å². The predicted molar refractivity (Wildman–Crippen MR) is 89.4 cm³/mol. The van der Waals surface area contributed by atoms with Gasteiger partial charge in [0.25, 0.3) is 0 Å². The van der Waals surface area contributed by atoms with Crippen molar-refractivity contribution in [3.05, 3.63) is 42.0 Å². The van der Waals surface area contributed by atoms with Crippen molar-refractivity contribution in [3.63, 3.8) is 0 Å². The number of anilines is 1. The largest absolute Gasteiger partial charge is 0.335 e. The number of aromatic nitrogens is 4. The van der Waals surface area contributed by atoms with Crippen molar-refractivity contribution in [2.45, 2.75) is 26.3 Å². The Morgan fingerprint density at radius 3 is 2.96 bits per heavy atom. The molecule has 1 atom stereocenters. The van der Waals surface area contributed by atoms with Crippen molar-refractivity contribution in [2.24, 2.45) is 7.05 Å². The van der Waals surface area contributed by atoms with Gasteiger partial charge in [-0.1, -0.05) is 0 Å². The van der Waals surface area contributed by atoms with E-state index in [1.54, 1.807) is 6.33 Å². The Bertz CT molecular complexity index is 834. The van der Waals surface area contributed by atoms with Gasteiger partial charge in [0.05, 0.1) is 23.1 Å². The van der Waals surface area contributed by atoms with E-state index in [0.29, 0.717) is 6.42 Å². The minimum Gasteiger partial charge on any atom is -0.335 e. The molecule has 0 aliphatic carbocycles. The van der Waals surface area contributed by atoms with E-state index >= 15 is 0 Å². The van der Waals surface area contributed by atoms with Crippen LogP contribution in [0.3, 0.4) is 0 Å². The number of nitrogens with zero attached hydrogens (tertiary/aromatic N) is 3. The molecule has 0 fully saturated rings. The lowest BCUT2D eigenvalue weighted by Crippen LogP contribution is -2.37. The first-order valence-corrected chi connectivity index (χ1v) is 7.51. The SMILES string of the molecule is Cc1cc(C[C@H](C)NC(=O)Nc2ccc3c(c2)ncn3C)n[nH]1. The number of imidazole rings is 1. The molecule has 3 N–H and O–H groups in total. The Morgan fingerprint density at radius 1 is 1.39 bits per heavy atom. The highest BCUT2D eigenvalue weighted by atomic mass is 16.2. The van der Waals surface area contributed by atoms with Crippen LogP contribution < -0.4 is 10.6 Å². The van der Waals surface area contributed by atoms with Gasteiger partial charge in [-0.2, -0.15) is 5.10 Å². The number of nitrogens with one attached hydrogen (secondary N) is 3.